The highest BCUT2D eigenvalue weighted by Crippen LogP contribution is 2.21. The van der Waals surface area contributed by atoms with Crippen LogP contribution in [0.1, 0.15) is 38.2 Å². The molecule has 0 fully saturated rings. The molecule has 0 aliphatic heterocycles. The van der Waals surface area contributed by atoms with Gasteiger partial charge in [-0.1, -0.05) is 35.9 Å². The minimum Gasteiger partial charge on any atom is -0.346 e. The van der Waals surface area contributed by atoms with Gasteiger partial charge in [0, 0.05) is 18.1 Å². The summed E-state index contributed by atoms with van der Waals surface area (Å²) < 4.78 is 1.91. The molecule has 1 aromatic heterocycles. The normalized spacial score (nSPS) is 12.0. The Hall–Kier alpha value is -2.86. The smallest absolute Gasteiger partial charge is 0.242 e. The van der Waals surface area contributed by atoms with E-state index in [0.29, 0.717) is 23.9 Å². The fourth-order valence-electron chi connectivity index (χ4n) is 3.55. The lowest BCUT2D eigenvalue weighted by atomic mass is 10.1. The lowest BCUT2D eigenvalue weighted by Gasteiger charge is -2.21. The molecule has 0 radical (unpaired) electrons. The maximum absolute atomic E-state index is 12.8. The minimum absolute atomic E-state index is 0.0316. The van der Waals surface area contributed by atoms with Gasteiger partial charge in [0.1, 0.15) is 12.4 Å². The van der Waals surface area contributed by atoms with Crippen LogP contribution in [0.2, 0.25) is 5.02 Å². The number of fused-ring (bicyclic) bond motifs is 1. The second-order valence-electron chi connectivity index (χ2n) is 7.20. The Balaban J connectivity index is 1.82. The van der Waals surface area contributed by atoms with Crippen LogP contribution in [0.15, 0.2) is 48.5 Å². The molecule has 2 amide bonds. The number of halogens is 1. The van der Waals surface area contributed by atoms with E-state index >= 15 is 0 Å². The highest BCUT2D eigenvalue weighted by molar-refractivity contribution is 6.30. The van der Waals surface area contributed by atoms with Crippen molar-refractivity contribution in [3.63, 3.8) is 0 Å². The minimum atomic E-state index is -0.346. The number of hydrogen-bond acceptors (Lipinski definition) is 3. The van der Waals surface area contributed by atoms with Crippen LogP contribution in [0, 0.1) is 0 Å². The van der Waals surface area contributed by atoms with Crippen LogP contribution in [-0.2, 0) is 22.6 Å². The molecule has 0 bridgehead atoms. The number of rotatable bonds is 8. The van der Waals surface area contributed by atoms with Gasteiger partial charge in [-0.15, -0.1) is 0 Å². The summed E-state index contributed by atoms with van der Waals surface area (Å²) in [5.74, 6) is 0.587. The van der Waals surface area contributed by atoms with Crippen LogP contribution < -0.4 is 5.32 Å². The first-order valence-electron chi connectivity index (χ1n) is 10.2. The molecule has 1 heterocycles. The molecule has 3 rings (SSSR count). The molecule has 7 heteroatoms. The first-order valence-corrected chi connectivity index (χ1v) is 10.6. The second-order valence-corrected chi connectivity index (χ2v) is 7.64. The first kappa shape index (κ1) is 21.8. The lowest BCUT2D eigenvalue weighted by molar-refractivity contribution is -0.131. The Morgan fingerprint density at radius 1 is 1.10 bits per heavy atom. The van der Waals surface area contributed by atoms with Crippen LogP contribution in [0.25, 0.3) is 11.0 Å². The van der Waals surface area contributed by atoms with Crippen molar-refractivity contribution in [2.24, 2.45) is 0 Å². The maximum atomic E-state index is 12.8. The van der Waals surface area contributed by atoms with Crippen molar-refractivity contribution in [2.75, 3.05) is 13.1 Å². The molecule has 0 aliphatic carbocycles. The molecule has 1 N–H and O–H groups in total. The van der Waals surface area contributed by atoms with E-state index in [9.17, 15) is 9.59 Å². The number of para-hydroxylation sites is 2. The third-order valence-corrected chi connectivity index (χ3v) is 5.39. The molecule has 0 saturated carbocycles. The molecular formula is C23H27ClN4O2. The molecule has 2 aromatic carbocycles. The summed E-state index contributed by atoms with van der Waals surface area (Å²) in [5.41, 5.74) is 2.57. The molecule has 0 saturated heterocycles. The van der Waals surface area contributed by atoms with Gasteiger partial charge in [-0.05, 0) is 50.6 Å². The number of carbonyl (C=O) groups is 2. The van der Waals surface area contributed by atoms with Crippen molar-refractivity contribution in [1.29, 1.82) is 0 Å². The summed E-state index contributed by atoms with van der Waals surface area (Å²) >= 11 is 5.91. The number of likely N-dealkylation sites (N-methyl/N-ethyl adjacent to an activating group) is 1. The van der Waals surface area contributed by atoms with Gasteiger partial charge in [-0.25, -0.2) is 4.98 Å². The van der Waals surface area contributed by atoms with E-state index in [1.165, 1.54) is 0 Å². The van der Waals surface area contributed by atoms with Crippen LogP contribution >= 0.6 is 11.6 Å². The van der Waals surface area contributed by atoms with Gasteiger partial charge in [0.2, 0.25) is 11.8 Å². The monoisotopic (exact) mass is 426 g/mol. The summed E-state index contributed by atoms with van der Waals surface area (Å²) in [6.45, 7) is 7.32. The topological polar surface area (TPSA) is 67.2 Å². The van der Waals surface area contributed by atoms with E-state index < -0.39 is 0 Å². The van der Waals surface area contributed by atoms with Gasteiger partial charge in [-0.3, -0.25) is 9.59 Å². The van der Waals surface area contributed by atoms with Gasteiger partial charge < -0.3 is 14.8 Å². The van der Waals surface area contributed by atoms with Crippen LogP contribution in [0.5, 0.6) is 0 Å². The molecule has 6 nitrogen and oxygen atoms in total. The predicted octanol–water partition coefficient (Wildman–Crippen LogP) is 3.98. The Bertz CT molecular complexity index is 1030. The third-order valence-electron chi connectivity index (χ3n) is 5.14. The van der Waals surface area contributed by atoms with Crippen molar-refractivity contribution in [2.45, 2.75) is 39.8 Å². The Kier molecular flexibility index (Phi) is 7.11. The number of carbonyl (C=O) groups excluding carboxylic acids is 2. The van der Waals surface area contributed by atoms with E-state index in [1.807, 2.05) is 61.7 Å². The van der Waals surface area contributed by atoms with Crippen LogP contribution in [-0.4, -0.2) is 39.4 Å². The summed E-state index contributed by atoms with van der Waals surface area (Å²) in [6, 6.07) is 14.6. The average molecular weight is 427 g/mol. The van der Waals surface area contributed by atoms with Gasteiger partial charge in [0.25, 0.3) is 0 Å². The largest absolute Gasteiger partial charge is 0.346 e. The number of nitrogens with zero attached hydrogens (tertiary/aromatic N) is 3. The maximum Gasteiger partial charge on any atom is 0.242 e. The van der Waals surface area contributed by atoms with E-state index in [-0.39, 0.29) is 30.8 Å². The van der Waals surface area contributed by atoms with Crippen molar-refractivity contribution in [3.05, 3.63) is 64.9 Å². The summed E-state index contributed by atoms with van der Waals surface area (Å²) in [4.78, 5) is 31.8. The zero-order valence-corrected chi connectivity index (χ0v) is 18.3. The lowest BCUT2D eigenvalue weighted by Crippen LogP contribution is -2.35. The second kappa shape index (κ2) is 9.76. The van der Waals surface area contributed by atoms with Gasteiger partial charge in [0.05, 0.1) is 23.5 Å². The van der Waals surface area contributed by atoms with Crippen molar-refractivity contribution >= 4 is 34.4 Å². The molecule has 0 spiro atoms. The highest BCUT2D eigenvalue weighted by atomic mass is 35.5. The number of benzene rings is 2. The van der Waals surface area contributed by atoms with E-state index in [2.05, 4.69) is 5.32 Å². The fraction of sp³-hybridized carbons (Fsp3) is 0.348. The molecular weight excluding hydrogens is 400 g/mol. The number of nitrogens with one attached hydrogen (secondary N) is 1. The van der Waals surface area contributed by atoms with E-state index in [1.54, 1.807) is 17.0 Å². The zero-order chi connectivity index (χ0) is 21.7. The third kappa shape index (κ3) is 5.00. The molecule has 1 unspecified atom stereocenters. The number of imidazole rings is 1. The first-order chi connectivity index (χ1) is 14.4. The molecule has 1 atom stereocenters. The van der Waals surface area contributed by atoms with Crippen LogP contribution in [0.4, 0.5) is 0 Å². The predicted molar refractivity (Wildman–Crippen MR) is 119 cm³/mol. The average Bonchev–Trinajstić information content (AvgIpc) is 3.09. The molecule has 0 aliphatic rings. The van der Waals surface area contributed by atoms with Crippen LogP contribution in [0.3, 0.4) is 0 Å². The van der Waals surface area contributed by atoms with Crippen molar-refractivity contribution < 1.29 is 9.59 Å². The summed E-state index contributed by atoms with van der Waals surface area (Å²) in [6.07, 6.45) is 0.250. The number of amides is 2. The van der Waals surface area contributed by atoms with E-state index in [0.717, 1.165) is 16.6 Å². The Labute approximate surface area is 181 Å². The fourth-order valence-corrected chi connectivity index (χ4v) is 3.67. The Morgan fingerprint density at radius 3 is 2.43 bits per heavy atom. The van der Waals surface area contributed by atoms with Gasteiger partial charge in [-0.2, -0.15) is 0 Å². The number of aromatic nitrogens is 2. The molecule has 158 valence electrons. The van der Waals surface area contributed by atoms with E-state index in [4.69, 9.17) is 16.6 Å². The zero-order valence-electron chi connectivity index (χ0n) is 17.6. The number of hydrogen-bond donors (Lipinski definition) is 1. The molecule has 3 aromatic rings. The van der Waals surface area contributed by atoms with Gasteiger partial charge in [0.15, 0.2) is 0 Å². The highest BCUT2D eigenvalue weighted by Gasteiger charge is 2.21. The summed E-state index contributed by atoms with van der Waals surface area (Å²) in [7, 11) is 0. The van der Waals surface area contributed by atoms with Crippen molar-refractivity contribution in [3.8, 4) is 0 Å². The van der Waals surface area contributed by atoms with Crippen molar-refractivity contribution in [1.82, 2.24) is 19.8 Å². The molecule has 30 heavy (non-hydrogen) atoms. The SMILES string of the molecule is CCN(CC)C(=O)Cn1c(C(C)NC(=O)Cc2ccc(Cl)cc2)nc2ccccc21. The van der Waals surface area contributed by atoms with Gasteiger partial charge >= 0.3 is 0 Å². The standard InChI is InChI=1S/C23H27ClN4O2/c1-4-27(5-2)22(30)15-28-20-9-7-6-8-19(20)26-23(28)16(3)25-21(29)14-17-10-12-18(24)13-11-17/h6-13,16H,4-5,14-15H2,1-3H3,(H,25,29). The Morgan fingerprint density at radius 2 is 1.77 bits per heavy atom. The summed E-state index contributed by atoms with van der Waals surface area (Å²) in [5, 5.41) is 3.65. The quantitative estimate of drug-likeness (QED) is 0.592.